The van der Waals surface area contributed by atoms with Gasteiger partial charge in [0.15, 0.2) is 0 Å². The van der Waals surface area contributed by atoms with Crippen LogP contribution in [-0.2, 0) is 0 Å². The number of nitrogens with zero attached hydrogens (tertiary/aromatic N) is 1. The Morgan fingerprint density at radius 3 is 2.94 bits per heavy atom. The molecule has 0 atom stereocenters. The van der Waals surface area contributed by atoms with Gasteiger partial charge in [-0.05, 0) is 19.1 Å². The van der Waals surface area contributed by atoms with Crippen LogP contribution in [0.25, 0.3) is 0 Å². The van der Waals surface area contributed by atoms with E-state index in [0.717, 1.165) is 0 Å². The first-order valence-electron chi connectivity index (χ1n) is 5.54. The van der Waals surface area contributed by atoms with E-state index in [1.165, 1.54) is 6.20 Å². The Bertz CT molecular complexity index is 551. The van der Waals surface area contributed by atoms with Crippen LogP contribution in [-0.4, -0.2) is 22.7 Å². The van der Waals surface area contributed by atoms with E-state index in [1.54, 1.807) is 12.1 Å². The minimum Gasteiger partial charge on any atom is -0.492 e. The molecule has 0 aliphatic heterocycles. The van der Waals surface area contributed by atoms with Crippen LogP contribution in [0.1, 0.15) is 17.3 Å². The van der Waals surface area contributed by atoms with E-state index in [-0.39, 0.29) is 11.7 Å². The van der Waals surface area contributed by atoms with E-state index in [1.807, 2.05) is 19.1 Å². The van der Waals surface area contributed by atoms with Gasteiger partial charge in [0, 0.05) is 0 Å². The zero-order chi connectivity index (χ0) is 13.0. The summed E-state index contributed by atoms with van der Waals surface area (Å²) >= 11 is 0. The van der Waals surface area contributed by atoms with Crippen molar-refractivity contribution < 1.29 is 9.53 Å². The number of aromatic amines is 1. The smallest absolute Gasteiger partial charge is 0.261 e. The molecular weight excluding hydrogens is 232 g/mol. The topological polar surface area (TPSA) is 93.0 Å². The number of nitrogens with two attached hydrogens (primary N) is 1. The highest BCUT2D eigenvalue weighted by molar-refractivity contribution is 6.07. The van der Waals surface area contributed by atoms with E-state index in [9.17, 15) is 4.79 Å². The normalized spacial score (nSPS) is 10.1. The van der Waals surface area contributed by atoms with Crippen LogP contribution in [0.15, 0.2) is 30.5 Å². The fourth-order valence-corrected chi connectivity index (χ4v) is 1.52. The first-order valence-corrected chi connectivity index (χ1v) is 5.54. The first-order chi connectivity index (χ1) is 8.72. The molecule has 2 aromatic rings. The Kier molecular flexibility index (Phi) is 3.47. The van der Waals surface area contributed by atoms with Crippen molar-refractivity contribution in [1.82, 2.24) is 10.2 Å². The molecule has 0 bridgehead atoms. The first kappa shape index (κ1) is 12.0. The van der Waals surface area contributed by atoms with Crippen LogP contribution >= 0.6 is 0 Å². The maximum Gasteiger partial charge on any atom is 0.261 e. The van der Waals surface area contributed by atoms with Crippen LogP contribution in [0.3, 0.4) is 0 Å². The third-order valence-corrected chi connectivity index (χ3v) is 2.35. The second-order valence-corrected chi connectivity index (χ2v) is 3.58. The van der Waals surface area contributed by atoms with Crippen molar-refractivity contribution >= 4 is 17.4 Å². The molecule has 6 heteroatoms. The lowest BCUT2D eigenvalue weighted by Gasteiger charge is -2.10. The number of anilines is 2. The van der Waals surface area contributed by atoms with Crippen molar-refractivity contribution in [3.63, 3.8) is 0 Å². The molecule has 6 nitrogen and oxygen atoms in total. The standard InChI is InChI=1S/C12H14N4O2/c1-2-18-10-6-4-3-5-9(10)15-12(17)8-7-14-16-11(8)13/h3-7H,2H2,1H3,(H,15,17)(H3,13,14,16). The minimum atomic E-state index is -0.326. The quantitative estimate of drug-likeness (QED) is 0.764. The Morgan fingerprint density at radius 1 is 1.50 bits per heavy atom. The van der Waals surface area contributed by atoms with Crippen molar-refractivity contribution in [3.05, 3.63) is 36.0 Å². The summed E-state index contributed by atoms with van der Waals surface area (Å²) in [4.78, 5) is 11.9. The highest BCUT2D eigenvalue weighted by Gasteiger charge is 2.13. The van der Waals surface area contributed by atoms with Gasteiger partial charge in [-0.2, -0.15) is 5.10 Å². The van der Waals surface area contributed by atoms with E-state index < -0.39 is 0 Å². The molecule has 0 saturated heterocycles. The highest BCUT2D eigenvalue weighted by atomic mass is 16.5. The number of hydrogen-bond donors (Lipinski definition) is 3. The third-order valence-electron chi connectivity index (χ3n) is 2.35. The molecule has 0 radical (unpaired) electrons. The highest BCUT2D eigenvalue weighted by Crippen LogP contribution is 2.24. The molecule has 94 valence electrons. The molecule has 1 aromatic heterocycles. The molecule has 0 saturated carbocycles. The maximum absolute atomic E-state index is 11.9. The number of hydrogen-bond acceptors (Lipinski definition) is 4. The lowest BCUT2D eigenvalue weighted by atomic mass is 10.2. The van der Waals surface area contributed by atoms with E-state index in [4.69, 9.17) is 10.5 Å². The second-order valence-electron chi connectivity index (χ2n) is 3.58. The van der Waals surface area contributed by atoms with Gasteiger partial charge in [0.05, 0.1) is 18.5 Å². The van der Waals surface area contributed by atoms with E-state index in [2.05, 4.69) is 15.5 Å². The summed E-state index contributed by atoms with van der Waals surface area (Å²) < 4.78 is 5.42. The lowest BCUT2D eigenvalue weighted by Crippen LogP contribution is -2.13. The molecule has 1 amide bonds. The lowest BCUT2D eigenvalue weighted by molar-refractivity contribution is 0.102. The largest absolute Gasteiger partial charge is 0.492 e. The fraction of sp³-hybridized carbons (Fsp3) is 0.167. The molecule has 0 unspecified atom stereocenters. The molecule has 18 heavy (non-hydrogen) atoms. The third kappa shape index (κ3) is 2.42. The number of amides is 1. The number of aromatic nitrogens is 2. The molecule has 0 aliphatic carbocycles. The van der Waals surface area contributed by atoms with Crippen LogP contribution in [0, 0.1) is 0 Å². The summed E-state index contributed by atoms with van der Waals surface area (Å²) in [7, 11) is 0. The summed E-state index contributed by atoms with van der Waals surface area (Å²) in [5, 5.41) is 8.95. The second kappa shape index (κ2) is 5.22. The van der Waals surface area contributed by atoms with Crippen LogP contribution in [0.5, 0.6) is 5.75 Å². The number of nitrogen functional groups attached to an aromatic ring is 1. The van der Waals surface area contributed by atoms with Gasteiger partial charge >= 0.3 is 0 Å². The minimum absolute atomic E-state index is 0.237. The van der Waals surface area contributed by atoms with Gasteiger partial charge in [-0.3, -0.25) is 9.89 Å². The summed E-state index contributed by atoms with van der Waals surface area (Å²) in [6.07, 6.45) is 1.38. The van der Waals surface area contributed by atoms with Gasteiger partial charge in [0.25, 0.3) is 5.91 Å². The predicted molar refractivity (Wildman–Crippen MR) is 68.6 cm³/mol. The SMILES string of the molecule is CCOc1ccccc1NC(=O)c1cn[nH]c1N. The number of carbonyl (C=O) groups excluding carboxylic acids is 1. The fourth-order valence-electron chi connectivity index (χ4n) is 1.52. The van der Waals surface area contributed by atoms with Gasteiger partial charge in [-0.25, -0.2) is 0 Å². The Hall–Kier alpha value is -2.50. The molecule has 2 rings (SSSR count). The summed E-state index contributed by atoms with van der Waals surface area (Å²) in [6, 6.07) is 7.21. The number of H-pyrrole nitrogens is 1. The molecule has 0 aliphatic rings. The summed E-state index contributed by atoms with van der Waals surface area (Å²) in [5.41, 5.74) is 6.49. The molecule has 4 N–H and O–H groups in total. The van der Waals surface area contributed by atoms with Crippen molar-refractivity contribution in [2.45, 2.75) is 6.92 Å². The van der Waals surface area contributed by atoms with Gasteiger partial charge < -0.3 is 15.8 Å². The monoisotopic (exact) mass is 246 g/mol. The molecular formula is C12H14N4O2. The number of rotatable bonds is 4. The predicted octanol–water partition coefficient (Wildman–Crippen LogP) is 1.64. The van der Waals surface area contributed by atoms with Crippen molar-refractivity contribution in [1.29, 1.82) is 0 Å². The molecule has 0 fully saturated rings. The summed E-state index contributed by atoms with van der Waals surface area (Å²) in [6.45, 7) is 2.41. The molecule has 0 spiro atoms. The maximum atomic E-state index is 11.9. The van der Waals surface area contributed by atoms with Gasteiger partial charge in [-0.15, -0.1) is 0 Å². The average molecular weight is 246 g/mol. The van der Waals surface area contributed by atoms with Gasteiger partial charge in [0.1, 0.15) is 17.1 Å². The van der Waals surface area contributed by atoms with Crippen LogP contribution in [0.2, 0.25) is 0 Å². The Morgan fingerprint density at radius 2 is 2.28 bits per heavy atom. The van der Waals surface area contributed by atoms with E-state index in [0.29, 0.717) is 23.6 Å². The molecule has 1 heterocycles. The Labute approximate surface area is 104 Å². The Balaban J connectivity index is 2.19. The van der Waals surface area contributed by atoms with Crippen LogP contribution < -0.4 is 15.8 Å². The number of para-hydroxylation sites is 2. The van der Waals surface area contributed by atoms with Crippen molar-refractivity contribution in [3.8, 4) is 5.75 Å². The number of carbonyl (C=O) groups is 1. The zero-order valence-corrected chi connectivity index (χ0v) is 9.93. The number of benzene rings is 1. The van der Waals surface area contributed by atoms with E-state index >= 15 is 0 Å². The van der Waals surface area contributed by atoms with Gasteiger partial charge in [0.2, 0.25) is 0 Å². The number of nitrogens with one attached hydrogen (secondary N) is 2. The average Bonchev–Trinajstić information content (AvgIpc) is 2.78. The zero-order valence-electron chi connectivity index (χ0n) is 9.93. The van der Waals surface area contributed by atoms with Crippen molar-refractivity contribution in [2.75, 3.05) is 17.7 Å². The molecule has 1 aromatic carbocycles. The van der Waals surface area contributed by atoms with Gasteiger partial charge in [-0.1, -0.05) is 12.1 Å². The number of ether oxygens (including phenoxy) is 1. The van der Waals surface area contributed by atoms with Crippen LogP contribution in [0.4, 0.5) is 11.5 Å². The summed E-state index contributed by atoms with van der Waals surface area (Å²) in [5.74, 6) is 0.533. The van der Waals surface area contributed by atoms with Crippen molar-refractivity contribution in [2.24, 2.45) is 0 Å².